The van der Waals surface area contributed by atoms with Gasteiger partial charge in [-0.1, -0.05) is 24.3 Å². The smallest absolute Gasteiger partial charge is 0.272 e. The van der Waals surface area contributed by atoms with E-state index >= 15 is 0 Å². The summed E-state index contributed by atoms with van der Waals surface area (Å²) in [5, 5.41) is 16.1. The maximum absolute atomic E-state index is 12.6. The van der Waals surface area contributed by atoms with Gasteiger partial charge in [-0.3, -0.25) is 19.7 Å². The molecule has 0 aliphatic carbocycles. The molecule has 0 unspecified atom stereocenters. The fourth-order valence-corrected chi connectivity index (χ4v) is 2.30. The summed E-state index contributed by atoms with van der Waals surface area (Å²) in [6, 6.07) is 11.4. The first-order chi connectivity index (χ1) is 12.3. The van der Waals surface area contributed by atoms with Crippen LogP contribution in [0.25, 0.3) is 6.08 Å². The van der Waals surface area contributed by atoms with Gasteiger partial charge in [0, 0.05) is 24.7 Å². The molecule has 26 heavy (non-hydrogen) atoms. The van der Waals surface area contributed by atoms with Gasteiger partial charge in [0.25, 0.3) is 11.6 Å². The van der Waals surface area contributed by atoms with Crippen LogP contribution in [-0.4, -0.2) is 16.7 Å². The van der Waals surface area contributed by atoms with E-state index < -0.39 is 16.7 Å². The van der Waals surface area contributed by atoms with Crippen molar-refractivity contribution < 1.29 is 14.5 Å². The van der Waals surface area contributed by atoms with Crippen LogP contribution >= 0.6 is 0 Å². The molecule has 2 N–H and O–H groups in total. The predicted octanol–water partition coefficient (Wildman–Crippen LogP) is 3.33. The van der Waals surface area contributed by atoms with E-state index in [9.17, 15) is 19.7 Å². The van der Waals surface area contributed by atoms with Gasteiger partial charge >= 0.3 is 0 Å². The van der Waals surface area contributed by atoms with E-state index in [4.69, 9.17) is 0 Å². The minimum Gasteiger partial charge on any atom is -0.322 e. The highest BCUT2D eigenvalue weighted by atomic mass is 16.6. The van der Waals surface area contributed by atoms with Gasteiger partial charge < -0.3 is 10.6 Å². The van der Waals surface area contributed by atoms with Crippen LogP contribution in [0.15, 0.2) is 48.2 Å². The number of hydrogen-bond acceptors (Lipinski definition) is 4. The molecule has 2 aromatic carbocycles. The third-order valence-corrected chi connectivity index (χ3v) is 3.59. The second-order valence-electron chi connectivity index (χ2n) is 5.86. The molecule has 0 saturated heterocycles. The molecule has 2 amide bonds. The molecule has 0 aromatic heterocycles. The summed E-state index contributed by atoms with van der Waals surface area (Å²) in [4.78, 5) is 34.4. The second-order valence-corrected chi connectivity index (χ2v) is 5.86. The molecule has 7 heteroatoms. The SMILES string of the molecule is CC(=O)NC(=Cc1cccc([N+](=O)[O-])c1)C(=O)Nc1cc(C)ccc1C. The normalized spacial score (nSPS) is 11.0. The van der Waals surface area contributed by atoms with E-state index in [0.717, 1.165) is 11.1 Å². The van der Waals surface area contributed by atoms with Crippen LogP contribution in [0.2, 0.25) is 0 Å². The number of nitro groups is 1. The number of nitro benzene ring substituents is 1. The fraction of sp³-hybridized carbons (Fsp3) is 0.158. The summed E-state index contributed by atoms with van der Waals surface area (Å²) in [5.74, 6) is -0.932. The van der Waals surface area contributed by atoms with E-state index in [2.05, 4.69) is 10.6 Å². The van der Waals surface area contributed by atoms with Gasteiger partial charge in [-0.2, -0.15) is 0 Å². The summed E-state index contributed by atoms with van der Waals surface area (Å²) < 4.78 is 0. The molecule has 0 saturated carbocycles. The molecule has 2 rings (SSSR count). The first-order valence-corrected chi connectivity index (χ1v) is 7.88. The Bertz CT molecular complexity index is 903. The van der Waals surface area contributed by atoms with Crippen LogP contribution < -0.4 is 10.6 Å². The molecular weight excluding hydrogens is 334 g/mol. The number of carbonyl (C=O) groups is 2. The number of hydrogen-bond donors (Lipinski definition) is 2. The molecule has 134 valence electrons. The highest BCUT2D eigenvalue weighted by Crippen LogP contribution is 2.19. The monoisotopic (exact) mass is 353 g/mol. The zero-order valence-corrected chi connectivity index (χ0v) is 14.7. The standard InChI is InChI=1S/C19H19N3O4/c1-12-7-8-13(2)17(9-12)21-19(24)18(20-14(3)23)11-15-5-4-6-16(10-15)22(25)26/h4-11H,1-3H3,(H,20,23)(H,21,24). The van der Waals surface area contributed by atoms with Crippen LogP contribution in [0.3, 0.4) is 0 Å². The first kappa shape index (κ1) is 18.9. The Hall–Kier alpha value is -3.48. The van der Waals surface area contributed by atoms with Gasteiger partial charge in [-0.25, -0.2) is 0 Å². The third kappa shape index (κ3) is 5.01. The Labute approximate surface area is 150 Å². The maximum Gasteiger partial charge on any atom is 0.272 e. The first-order valence-electron chi connectivity index (χ1n) is 7.88. The molecule has 7 nitrogen and oxygen atoms in total. The summed E-state index contributed by atoms with van der Waals surface area (Å²) in [6.07, 6.45) is 1.40. The Balaban J connectivity index is 2.35. The molecule has 0 fully saturated rings. The lowest BCUT2D eigenvalue weighted by Crippen LogP contribution is -2.29. The van der Waals surface area contributed by atoms with Crippen molar-refractivity contribution in [3.63, 3.8) is 0 Å². The molecule has 0 atom stereocenters. The van der Waals surface area contributed by atoms with Crippen LogP contribution in [0.1, 0.15) is 23.6 Å². The zero-order valence-electron chi connectivity index (χ0n) is 14.7. The number of rotatable bonds is 5. The summed E-state index contributed by atoms with van der Waals surface area (Å²) >= 11 is 0. The van der Waals surface area contributed by atoms with Crippen LogP contribution in [-0.2, 0) is 9.59 Å². The van der Waals surface area contributed by atoms with Crippen molar-refractivity contribution in [3.8, 4) is 0 Å². The Kier molecular flexibility index (Phi) is 5.85. The van der Waals surface area contributed by atoms with Crippen molar-refractivity contribution in [2.75, 3.05) is 5.32 Å². The predicted molar refractivity (Wildman–Crippen MR) is 99.4 cm³/mol. The van der Waals surface area contributed by atoms with E-state index in [1.807, 2.05) is 32.0 Å². The van der Waals surface area contributed by atoms with Crippen LogP contribution in [0.5, 0.6) is 0 Å². The number of non-ortho nitro benzene ring substituents is 1. The van der Waals surface area contributed by atoms with Crippen molar-refractivity contribution in [3.05, 3.63) is 75.0 Å². The molecule has 0 radical (unpaired) electrons. The van der Waals surface area contributed by atoms with E-state index in [1.54, 1.807) is 6.07 Å². The van der Waals surface area contributed by atoms with Crippen molar-refractivity contribution in [1.82, 2.24) is 5.32 Å². The maximum atomic E-state index is 12.6. The van der Waals surface area contributed by atoms with E-state index in [-0.39, 0.29) is 11.4 Å². The summed E-state index contributed by atoms with van der Waals surface area (Å²) in [6.45, 7) is 5.05. The number of nitrogens with zero attached hydrogens (tertiary/aromatic N) is 1. The topological polar surface area (TPSA) is 101 Å². The molecule has 0 aliphatic rings. The summed E-state index contributed by atoms with van der Waals surface area (Å²) in [5.41, 5.74) is 2.82. The van der Waals surface area contributed by atoms with Crippen LogP contribution in [0.4, 0.5) is 11.4 Å². The average molecular weight is 353 g/mol. The Morgan fingerprint density at radius 3 is 2.50 bits per heavy atom. The Morgan fingerprint density at radius 2 is 1.85 bits per heavy atom. The average Bonchev–Trinajstić information content (AvgIpc) is 2.57. The lowest BCUT2D eigenvalue weighted by molar-refractivity contribution is -0.384. The molecule has 0 heterocycles. The quantitative estimate of drug-likeness (QED) is 0.489. The van der Waals surface area contributed by atoms with Gasteiger partial charge in [0.15, 0.2) is 0 Å². The van der Waals surface area contributed by atoms with Gasteiger partial charge in [-0.05, 0) is 42.7 Å². The number of nitrogens with one attached hydrogen (secondary N) is 2. The molecule has 0 bridgehead atoms. The van der Waals surface area contributed by atoms with E-state index in [1.165, 1.54) is 31.2 Å². The van der Waals surface area contributed by atoms with Crippen LogP contribution in [0, 0.1) is 24.0 Å². The van der Waals surface area contributed by atoms with Gasteiger partial charge in [0.1, 0.15) is 5.70 Å². The van der Waals surface area contributed by atoms with Crippen molar-refractivity contribution >= 4 is 29.3 Å². The second kappa shape index (κ2) is 8.06. The Morgan fingerprint density at radius 1 is 1.12 bits per heavy atom. The number of amides is 2. The van der Waals surface area contributed by atoms with Gasteiger partial charge in [-0.15, -0.1) is 0 Å². The number of benzene rings is 2. The number of carbonyl (C=O) groups excluding carboxylic acids is 2. The highest BCUT2D eigenvalue weighted by molar-refractivity contribution is 6.08. The largest absolute Gasteiger partial charge is 0.322 e. The molecule has 0 spiro atoms. The van der Waals surface area contributed by atoms with E-state index in [0.29, 0.717) is 11.3 Å². The van der Waals surface area contributed by atoms with Crippen molar-refractivity contribution in [2.45, 2.75) is 20.8 Å². The molecule has 2 aromatic rings. The molecule has 0 aliphatic heterocycles. The fourth-order valence-electron chi connectivity index (χ4n) is 2.30. The highest BCUT2D eigenvalue weighted by Gasteiger charge is 2.14. The number of aryl methyl sites for hydroxylation is 2. The van der Waals surface area contributed by atoms with Crippen molar-refractivity contribution in [1.29, 1.82) is 0 Å². The lowest BCUT2D eigenvalue weighted by Gasteiger charge is -2.12. The zero-order chi connectivity index (χ0) is 19.3. The van der Waals surface area contributed by atoms with Gasteiger partial charge in [0.05, 0.1) is 4.92 Å². The van der Waals surface area contributed by atoms with Gasteiger partial charge in [0.2, 0.25) is 5.91 Å². The van der Waals surface area contributed by atoms with Crippen molar-refractivity contribution in [2.24, 2.45) is 0 Å². The summed E-state index contributed by atoms with van der Waals surface area (Å²) in [7, 11) is 0. The minimum atomic E-state index is -0.522. The third-order valence-electron chi connectivity index (χ3n) is 3.59. The molecular formula is C19H19N3O4. The number of anilines is 1. The lowest BCUT2D eigenvalue weighted by atomic mass is 10.1. The minimum absolute atomic E-state index is 0.00101.